The predicted molar refractivity (Wildman–Crippen MR) is 80.4 cm³/mol. The van der Waals surface area contributed by atoms with Crippen molar-refractivity contribution in [1.82, 2.24) is 4.98 Å². The van der Waals surface area contributed by atoms with Gasteiger partial charge in [0.15, 0.2) is 0 Å². The molecule has 4 nitrogen and oxygen atoms in total. The molecule has 0 bridgehead atoms. The molecule has 3 rings (SSSR count). The van der Waals surface area contributed by atoms with Gasteiger partial charge in [0, 0.05) is 21.8 Å². The standard InChI is InChI=1S/C16H18N2O2/c17-8-7-15(19)16(20)10-5-6-14-12(9-10)11-3-1-2-4-13(11)18-14/h1-6,9,15-16,18-20H,7-8,17H2. The van der Waals surface area contributed by atoms with Crippen molar-refractivity contribution < 1.29 is 10.2 Å². The van der Waals surface area contributed by atoms with Gasteiger partial charge in [0.05, 0.1) is 6.10 Å². The van der Waals surface area contributed by atoms with Crippen LogP contribution in [0, 0.1) is 0 Å². The SMILES string of the molecule is NCCC(O)C(O)c1ccc2[nH]c3ccccc3c2c1. The lowest BCUT2D eigenvalue weighted by atomic mass is 10.00. The van der Waals surface area contributed by atoms with Crippen molar-refractivity contribution in [3.05, 3.63) is 48.0 Å². The molecule has 0 aliphatic heterocycles. The highest BCUT2D eigenvalue weighted by atomic mass is 16.3. The Hall–Kier alpha value is -1.88. The molecular weight excluding hydrogens is 252 g/mol. The maximum absolute atomic E-state index is 10.2. The number of hydrogen-bond donors (Lipinski definition) is 4. The second-order valence-electron chi connectivity index (χ2n) is 5.07. The van der Waals surface area contributed by atoms with E-state index in [2.05, 4.69) is 4.98 Å². The van der Waals surface area contributed by atoms with Crippen molar-refractivity contribution in [2.45, 2.75) is 18.6 Å². The zero-order chi connectivity index (χ0) is 14.1. The van der Waals surface area contributed by atoms with Crippen LogP contribution in [0.2, 0.25) is 0 Å². The van der Waals surface area contributed by atoms with Crippen LogP contribution in [-0.4, -0.2) is 27.8 Å². The van der Waals surface area contributed by atoms with Gasteiger partial charge in [-0.1, -0.05) is 24.3 Å². The Morgan fingerprint density at radius 2 is 1.75 bits per heavy atom. The van der Waals surface area contributed by atoms with Gasteiger partial charge < -0.3 is 20.9 Å². The number of aromatic amines is 1. The van der Waals surface area contributed by atoms with Gasteiger partial charge in [-0.3, -0.25) is 0 Å². The summed E-state index contributed by atoms with van der Waals surface area (Å²) in [7, 11) is 0. The minimum Gasteiger partial charge on any atom is -0.390 e. The quantitative estimate of drug-likeness (QED) is 0.585. The number of aromatic nitrogens is 1. The molecule has 0 fully saturated rings. The number of nitrogens with one attached hydrogen (secondary N) is 1. The molecule has 5 N–H and O–H groups in total. The summed E-state index contributed by atoms with van der Waals surface area (Å²) in [6, 6.07) is 13.7. The number of para-hydroxylation sites is 1. The first-order valence-corrected chi connectivity index (χ1v) is 6.77. The van der Waals surface area contributed by atoms with Gasteiger partial charge in [0.25, 0.3) is 0 Å². The third kappa shape index (κ3) is 2.18. The van der Waals surface area contributed by atoms with E-state index < -0.39 is 12.2 Å². The van der Waals surface area contributed by atoms with E-state index in [1.165, 1.54) is 0 Å². The van der Waals surface area contributed by atoms with Crippen LogP contribution in [0.5, 0.6) is 0 Å². The molecule has 0 radical (unpaired) electrons. The minimum absolute atomic E-state index is 0.355. The molecule has 1 heterocycles. The third-order valence-electron chi connectivity index (χ3n) is 3.70. The highest BCUT2D eigenvalue weighted by molar-refractivity contribution is 6.07. The molecule has 0 aliphatic carbocycles. The van der Waals surface area contributed by atoms with Gasteiger partial charge in [-0.15, -0.1) is 0 Å². The summed E-state index contributed by atoms with van der Waals surface area (Å²) in [6.45, 7) is 0.355. The zero-order valence-electron chi connectivity index (χ0n) is 11.1. The van der Waals surface area contributed by atoms with E-state index in [9.17, 15) is 10.2 Å². The lowest BCUT2D eigenvalue weighted by Gasteiger charge is -2.17. The Morgan fingerprint density at radius 3 is 2.55 bits per heavy atom. The molecule has 2 atom stereocenters. The van der Waals surface area contributed by atoms with Crippen LogP contribution < -0.4 is 5.73 Å². The number of H-pyrrole nitrogens is 1. The van der Waals surface area contributed by atoms with Crippen LogP contribution in [0.1, 0.15) is 18.1 Å². The molecule has 2 aromatic carbocycles. The molecule has 0 saturated heterocycles. The highest BCUT2D eigenvalue weighted by Crippen LogP contribution is 2.29. The van der Waals surface area contributed by atoms with Crippen molar-refractivity contribution in [1.29, 1.82) is 0 Å². The number of benzene rings is 2. The normalized spacial score (nSPS) is 14.8. The van der Waals surface area contributed by atoms with E-state index in [0.717, 1.165) is 21.8 Å². The maximum Gasteiger partial charge on any atom is 0.105 e. The molecule has 104 valence electrons. The second kappa shape index (κ2) is 5.25. The van der Waals surface area contributed by atoms with Crippen LogP contribution >= 0.6 is 0 Å². The van der Waals surface area contributed by atoms with E-state index in [1.807, 2.05) is 42.5 Å². The van der Waals surface area contributed by atoms with Gasteiger partial charge in [-0.05, 0) is 36.7 Å². The molecular formula is C16H18N2O2. The number of fused-ring (bicyclic) bond motifs is 3. The van der Waals surface area contributed by atoms with Gasteiger partial charge in [0.1, 0.15) is 6.10 Å². The average Bonchev–Trinajstić information content (AvgIpc) is 2.84. The minimum atomic E-state index is -0.906. The number of hydrogen-bond acceptors (Lipinski definition) is 3. The molecule has 0 saturated carbocycles. The Balaban J connectivity index is 2.07. The Bertz CT molecular complexity index is 736. The molecule has 2 unspecified atom stereocenters. The summed E-state index contributed by atoms with van der Waals surface area (Å²) in [4.78, 5) is 3.33. The lowest BCUT2D eigenvalue weighted by Crippen LogP contribution is -2.21. The Morgan fingerprint density at radius 1 is 1.00 bits per heavy atom. The predicted octanol–water partition coefficient (Wildman–Crippen LogP) is 2.06. The summed E-state index contributed by atoms with van der Waals surface area (Å²) in [5, 5.41) is 22.2. The zero-order valence-corrected chi connectivity index (χ0v) is 11.1. The summed E-state index contributed by atoms with van der Waals surface area (Å²) >= 11 is 0. The Kier molecular flexibility index (Phi) is 3.44. The number of nitrogens with two attached hydrogens (primary N) is 1. The van der Waals surface area contributed by atoms with E-state index in [0.29, 0.717) is 18.5 Å². The van der Waals surface area contributed by atoms with Crippen LogP contribution in [0.15, 0.2) is 42.5 Å². The third-order valence-corrected chi connectivity index (χ3v) is 3.70. The number of aliphatic hydroxyl groups excluding tert-OH is 2. The molecule has 4 heteroatoms. The van der Waals surface area contributed by atoms with E-state index in [1.54, 1.807) is 0 Å². The number of aliphatic hydroxyl groups is 2. The van der Waals surface area contributed by atoms with Gasteiger partial charge in [-0.2, -0.15) is 0 Å². The Labute approximate surface area is 116 Å². The first-order chi connectivity index (χ1) is 9.70. The van der Waals surface area contributed by atoms with Crippen LogP contribution in [0.25, 0.3) is 21.8 Å². The van der Waals surface area contributed by atoms with Gasteiger partial charge >= 0.3 is 0 Å². The van der Waals surface area contributed by atoms with Gasteiger partial charge in [-0.25, -0.2) is 0 Å². The smallest absolute Gasteiger partial charge is 0.105 e. The van der Waals surface area contributed by atoms with Crippen LogP contribution in [0.3, 0.4) is 0 Å². The first-order valence-electron chi connectivity index (χ1n) is 6.77. The van der Waals surface area contributed by atoms with Crippen molar-refractivity contribution in [3.63, 3.8) is 0 Å². The van der Waals surface area contributed by atoms with Crippen molar-refractivity contribution in [2.24, 2.45) is 5.73 Å². The monoisotopic (exact) mass is 270 g/mol. The van der Waals surface area contributed by atoms with E-state index in [-0.39, 0.29) is 0 Å². The fourth-order valence-corrected chi connectivity index (χ4v) is 2.60. The molecule has 0 spiro atoms. The topological polar surface area (TPSA) is 82.3 Å². The van der Waals surface area contributed by atoms with Crippen LogP contribution in [-0.2, 0) is 0 Å². The molecule has 20 heavy (non-hydrogen) atoms. The van der Waals surface area contributed by atoms with Crippen molar-refractivity contribution in [2.75, 3.05) is 6.54 Å². The van der Waals surface area contributed by atoms with E-state index in [4.69, 9.17) is 5.73 Å². The van der Waals surface area contributed by atoms with Crippen LogP contribution in [0.4, 0.5) is 0 Å². The first kappa shape index (κ1) is 13.1. The lowest BCUT2D eigenvalue weighted by molar-refractivity contribution is 0.0151. The molecule has 1 aromatic heterocycles. The van der Waals surface area contributed by atoms with Gasteiger partial charge in [0.2, 0.25) is 0 Å². The summed E-state index contributed by atoms with van der Waals surface area (Å²) in [5.74, 6) is 0. The fourth-order valence-electron chi connectivity index (χ4n) is 2.60. The summed E-state index contributed by atoms with van der Waals surface area (Å²) < 4.78 is 0. The van der Waals surface area contributed by atoms with Crippen molar-refractivity contribution >= 4 is 21.8 Å². The average molecular weight is 270 g/mol. The second-order valence-corrected chi connectivity index (χ2v) is 5.07. The molecule has 0 aliphatic rings. The fraction of sp³-hybridized carbons (Fsp3) is 0.250. The highest BCUT2D eigenvalue weighted by Gasteiger charge is 2.18. The molecule has 3 aromatic rings. The largest absolute Gasteiger partial charge is 0.390 e. The van der Waals surface area contributed by atoms with Crippen molar-refractivity contribution in [3.8, 4) is 0 Å². The summed E-state index contributed by atoms with van der Waals surface area (Å²) in [5.41, 5.74) is 8.22. The van der Waals surface area contributed by atoms with E-state index >= 15 is 0 Å². The number of rotatable bonds is 4. The molecule has 0 amide bonds. The maximum atomic E-state index is 10.2. The summed E-state index contributed by atoms with van der Waals surface area (Å²) in [6.07, 6.45) is -1.35.